The predicted octanol–water partition coefficient (Wildman–Crippen LogP) is 2.41. The Balaban J connectivity index is 0.00000338. The van der Waals surface area contributed by atoms with Crippen LogP contribution in [0, 0.1) is 0 Å². The van der Waals surface area contributed by atoms with Crippen LogP contribution in [0.3, 0.4) is 0 Å². The van der Waals surface area contributed by atoms with E-state index in [1.54, 1.807) is 14.2 Å². The largest absolute Gasteiger partial charge is 0.493 e. The SMILES string of the molecule is COc1ccc(CCC(=O)N2CCC(OCCCN)CC2)cc1OC.Cl. The van der Waals surface area contributed by atoms with Crippen LogP contribution in [0.15, 0.2) is 18.2 Å². The molecule has 6 nitrogen and oxygen atoms in total. The third kappa shape index (κ3) is 6.67. The number of carbonyl (C=O) groups excluding carboxylic acids is 1. The molecule has 0 bridgehead atoms. The van der Waals surface area contributed by atoms with Gasteiger partial charge < -0.3 is 24.8 Å². The first-order valence-corrected chi connectivity index (χ1v) is 8.98. The maximum atomic E-state index is 12.4. The zero-order valence-electron chi connectivity index (χ0n) is 15.7. The summed E-state index contributed by atoms with van der Waals surface area (Å²) < 4.78 is 16.3. The summed E-state index contributed by atoms with van der Waals surface area (Å²) in [5.41, 5.74) is 6.55. The van der Waals surface area contributed by atoms with Gasteiger partial charge in [-0.25, -0.2) is 0 Å². The summed E-state index contributed by atoms with van der Waals surface area (Å²) >= 11 is 0. The number of methoxy groups -OCH3 is 2. The van der Waals surface area contributed by atoms with Crippen LogP contribution in [0.4, 0.5) is 0 Å². The molecule has 0 radical (unpaired) electrons. The number of rotatable bonds is 9. The van der Waals surface area contributed by atoms with E-state index in [2.05, 4.69) is 0 Å². The van der Waals surface area contributed by atoms with E-state index < -0.39 is 0 Å². The molecule has 26 heavy (non-hydrogen) atoms. The van der Waals surface area contributed by atoms with E-state index in [1.807, 2.05) is 23.1 Å². The minimum absolute atomic E-state index is 0. The van der Waals surface area contributed by atoms with Gasteiger partial charge in [-0.05, 0) is 49.9 Å². The minimum Gasteiger partial charge on any atom is -0.493 e. The summed E-state index contributed by atoms with van der Waals surface area (Å²) in [5.74, 6) is 1.60. The zero-order chi connectivity index (χ0) is 18.1. The Morgan fingerprint density at radius 1 is 1.19 bits per heavy atom. The minimum atomic E-state index is 0. The molecule has 0 unspecified atom stereocenters. The Bertz CT molecular complexity index is 548. The Kier molecular flexibility index (Phi) is 10.4. The molecule has 148 valence electrons. The van der Waals surface area contributed by atoms with E-state index in [4.69, 9.17) is 19.9 Å². The fourth-order valence-corrected chi connectivity index (χ4v) is 3.05. The standard InChI is InChI=1S/C19H30N2O4.ClH/c1-23-17-6-4-15(14-18(17)24-2)5-7-19(22)21-11-8-16(9-12-21)25-13-3-10-20;/h4,6,14,16H,3,5,7-13,20H2,1-2H3;1H. The van der Waals surface area contributed by atoms with Crippen molar-refractivity contribution in [3.63, 3.8) is 0 Å². The molecular weight excluding hydrogens is 356 g/mol. The van der Waals surface area contributed by atoms with Gasteiger partial charge in [-0.2, -0.15) is 0 Å². The number of carbonyl (C=O) groups is 1. The second kappa shape index (κ2) is 12.0. The molecular formula is C19H31ClN2O4. The number of benzene rings is 1. The lowest BCUT2D eigenvalue weighted by Crippen LogP contribution is -2.41. The number of likely N-dealkylation sites (tertiary alicyclic amines) is 1. The van der Waals surface area contributed by atoms with Crippen LogP contribution in [-0.2, 0) is 16.0 Å². The van der Waals surface area contributed by atoms with Crippen molar-refractivity contribution in [3.05, 3.63) is 23.8 Å². The highest BCUT2D eigenvalue weighted by atomic mass is 35.5. The average molecular weight is 387 g/mol. The second-order valence-electron chi connectivity index (χ2n) is 6.28. The molecule has 0 saturated carbocycles. The van der Waals surface area contributed by atoms with Gasteiger partial charge in [-0.15, -0.1) is 12.4 Å². The van der Waals surface area contributed by atoms with Crippen molar-refractivity contribution in [2.24, 2.45) is 5.73 Å². The molecule has 0 spiro atoms. The van der Waals surface area contributed by atoms with Crippen molar-refractivity contribution in [1.29, 1.82) is 0 Å². The molecule has 0 aliphatic carbocycles. The second-order valence-corrected chi connectivity index (χ2v) is 6.28. The molecule has 1 aliphatic rings. The van der Waals surface area contributed by atoms with Gasteiger partial charge in [0.15, 0.2) is 11.5 Å². The molecule has 1 heterocycles. The lowest BCUT2D eigenvalue weighted by molar-refractivity contribution is -0.133. The van der Waals surface area contributed by atoms with Crippen molar-refractivity contribution in [2.45, 2.75) is 38.2 Å². The van der Waals surface area contributed by atoms with E-state index in [1.165, 1.54) is 0 Å². The van der Waals surface area contributed by atoms with Crippen LogP contribution >= 0.6 is 12.4 Å². The zero-order valence-corrected chi connectivity index (χ0v) is 16.6. The molecule has 2 rings (SSSR count). The molecule has 1 fully saturated rings. The van der Waals surface area contributed by atoms with E-state index in [0.717, 1.165) is 37.9 Å². The molecule has 7 heteroatoms. The van der Waals surface area contributed by atoms with E-state index in [-0.39, 0.29) is 24.4 Å². The summed E-state index contributed by atoms with van der Waals surface area (Å²) in [6, 6.07) is 5.79. The van der Waals surface area contributed by atoms with Gasteiger partial charge in [0, 0.05) is 26.1 Å². The Hall–Kier alpha value is -1.50. The van der Waals surface area contributed by atoms with Gasteiger partial charge in [0.1, 0.15) is 0 Å². The van der Waals surface area contributed by atoms with Crippen molar-refractivity contribution in [2.75, 3.05) is 40.5 Å². The van der Waals surface area contributed by atoms with Crippen molar-refractivity contribution < 1.29 is 19.0 Å². The monoisotopic (exact) mass is 386 g/mol. The number of piperidine rings is 1. The smallest absolute Gasteiger partial charge is 0.222 e. The molecule has 0 aromatic heterocycles. The summed E-state index contributed by atoms with van der Waals surface area (Å²) in [4.78, 5) is 14.4. The quantitative estimate of drug-likeness (QED) is 0.660. The number of nitrogens with two attached hydrogens (primary N) is 1. The van der Waals surface area contributed by atoms with Crippen molar-refractivity contribution >= 4 is 18.3 Å². The Labute approximate surface area is 162 Å². The number of aryl methyl sites for hydroxylation is 1. The molecule has 0 atom stereocenters. The predicted molar refractivity (Wildman–Crippen MR) is 104 cm³/mol. The van der Waals surface area contributed by atoms with Crippen LogP contribution in [-0.4, -0.2) is 57.4 Å². The molecule has 1 aromatic carbocycles. The van der Waals surface area contributed by atoms with Gasteiger partial charge in [0.05, 0.1) is 20.3 Å². The Morgan fingerprint density at radius 2 is 1.88 bits per heavy atom. The number of hydrogen-bond acceptors (Lipinski definition) is 5. The summed E-state index contributed by atoms with van der Waals surface area (Å²) in [7, 11) is 3.23. The van der Waals surface area contributed by atoms with E-state index in [0.29, 0.717) is 37.5 Å². The molecule has 1 aromatic rings. The van der Waals surface area contributed by atoms with Crippen molar-refractivity contribution in [3.8, 4) is 11.5 Å². The molecule has 1 saturated heterocycles. The molecule has 1 aliphatic heterocycles. The summed E-state index contributed by atoms with van der Waals surface area (Å²) in [6.45, 7) is 2.93. The maximum Gasteiger partial charge on any atom is 0.222 e. The van der Waals surface area contributed by atoms with Crippen LogP contribution < -0.4 is 15.2 Å². The van der Waals surface area contributed by atoms with Gasteiger partial charge in [0.25, 0.3) is 0 Å². The van der Waals surface area contributed by atoms with Crippen LogP contribution in [0.2, 0.25) is 0 Å². The summed E-state index contributed by atoms with van der Waals surface area (Å²) in [6.07, 6.45) is 4.19. The highest BCUT2D eigenvalue weighted by molar-refractivity contribution is 5.85. The maximum absolute atomic E-state index is 12.4. The molecule has 1 amide bonds. The molecule has 2 N–H and O–H groups in total. The highest BCUT2D eigenvalue weighted by Gasteiger charge is 2.22. The number of amides is 1. The van der Waals surface area contributed by atoms with E-state index >= 15 is 0 Å². The Morgan fingerprint density at radius 3 is 2.50 bits per heavy atom. The number of ether oxygens (including phenoxy) is 3. The van der Waals surface area contributed by atoms with Gasteiger partial charge >= 0.3 is 0 Å². The third-order valence-corrected chi connectivity index (χ3v) is 4.57. The summed E-state index contributed by atoms with van der Waals surface area (Å²) in [5, 5.41) is 0. The average Bonchev–Trinajstić information content (AvgIpc) is 2.66. The topological polar surface area (TPSA) is 74.0 Å². The van der Waals surface area contributed by atoms with Crippen molar-refractivity contribution in [1.82, 2.24) is 4.90 Å². The van der Waals surface area contributed by atoms with Crippen LogP contribution in [0.1, 0.15) is 31.2 Å². The van der Waals surface area contributed by atoms with Gasteiger partial charge in [-0.3, -0.25) is 4.79 Å². The number of halogens is 1. The first-order chi connectivity index (χ1) is 12.2. The fraction of sp³-hybridized carbons (Fsp3) is 0.632. The van der Waals surface area contributed by atoms with Crippen LogP contribution in [0.25, 0.3) is 0 Å². The van der Waals surface area contributed by atoms with E-state index in [9.17, 15) is 4.79 Å². The first-order valence-electron chi connectivity index (χ1n) is 8.98. The lowest BCUT2D eigenvalue weighted by Gasteiger charge is -2.32. The van der Waals surface area contributed by atoms with Gasteiger partial charge in [-0.1, -0.05) is 6.07 Å². The lowest BCUT2D eigenvalue weighted by atomic mass is 10.1. The normalized spacial score (nSPS) is 14.7. The fourth-order valence-electron chi connectivity index (χ4n) is 3.05. The third-order valence-electron chi connectivity index (χ3n) is 4.57. The number of hydrogen-bond donors (Lipinski definition) is 1. The van der Waals surface area contributed by atoms with Crippen LogP contribution in [0.5, 0.6) is 11.5 Å². The first kappa shape index (κ1) is 22.5. The van der Waals surface area contributed by atoms with Gasteiger partial charge in [0.2, 0.25) is 5.91 Å². The highest BCUT2D eigenvalue weighted by Crippen LogP contribution is 2.28. The number of nitrogens with zero attached hydrogens (tertiary/aromatic N) is 1.